The van der Waals surface area contributed by atoms with E-state index >= 15 is 0 Å². The van der Waals surface area contributed by atoms with Gasteiger partial charge in [-0.25, -0.2) is 0 Å². The first-order chi connectivity index (χ1) is 5.70. The second-order valence-corrected chi connectivity index (χ2v) is 2.49. The molecule has 0 heterocycles. The SMILES string of the molecule is Cc1cccc(C(=O)Cl)c1.NN. The molecule has 3 nitrogen and oxygen atoms in total. The van der Waals surface area contributed by atoms with Crippen molar-refractivity contribution >= 4 is 16.8 Å². The molecular weight excluding hydrogens is 176 g/mol. The van der Waals surface area contributed by atoms with E-state index in [0.717, 1.165) is 5.56 Å². The van der Waals surface area contributed by atoms with Gasteiger partial charge in [0.25, 0.3) is 5.24 Å². The molecule has 1 rings (SSSR count). The van der Waals surface area contributed by atoms with Crippen molar-refractivity contribution in [2.24, 2.45) is 11.7 Å². The van der Waals surface area contributed by atoms with Crippen molar-refractivity contribution in [3.8, 4) is 0 Å². The van der Waals surface area contributed by atoms with Crippen LogP contribution in [0.25, 0.3) is 0 Å². The first-order valence-electron chi connectivity index (χ1n) is 3.30. The molecule has 0 saturated heterocycles. The summed E-state index contributed by atoms with van der Waals surface area (Å²) in [5.74, 6) is 8.00. The maximum atomic E-state index is 10.6. The zero-order chi connectivity index (χ0) is 9.56. The van der Waals surface area contributed by atoms with Crippen LogP contribution in [0.5, 0.6) is 0 Å². The lowest BCUT2D eigenvalue weighted by Crippen LogP contribution is -2.02. The van der Waals surface area contributed by atoms with Crippen LogP contribution in [0.2, 0.25) is 0 Å². The lowest BCUT2D eigenvalue weighted by Gasteiger charge is -1.93. The second-order valence-electron chi connectivity index (χ2n) is 2.14. The number of hydrogen-bond acceptors (Lipinski definition) is 3. The van der Waals surface area contributed by atoms with Crippen LogP contribution in [0.1, 0.15) is 15.9 Å². The summed E-state index contributed by atoms with van der Waals surface area (Å²) in [7, 11) is 0. The van der Waals surface area contributed by atoms with Gasteiger partial charge >= 0.3 is 0 Å². The minimum atomic E-state index is -0.399. The van der Waals surface area contributed by atoms with E-state index in [0.29, 0.717) is 5.56 Å². The van der Waals surface area contributed by atoms with Gasteiger partial charge in [-0.05, 0) is 24.6 Å². The van der Waals surface area contributed by atoms with Crippen molar-refractivity contribution in [1.82, 2.24) is 0 Å². The van der Waals surface area contributed by atoms with Gasteiger partial charge in [-0.1, -0.05) is 23.8 Å². The summed E-state index contributed by atoms with van der Waals surface area (Å²) in [5.41, 5.74) is 1.60. The number of halogens is 1. The van der Waals surface area contributed by atoms with Gasteiger partial charge in [0.05, 0.1) is 0 Å². The van der Waals surface area contributed by atoms with Crippen LogP contribution in [-0.4, -0.2) is 5.24 Å². The molecule has 0 atom stereocenters. The van der Waals surface area contributed by atoms with E-state index < -0.39 is 5.24 Å². The highest BCUT2D eigenvalue weighted by Gasteiger charge is 1.98. The highest BCUT2D eigenvalue weighted by Crippen LogP contribution is 2.05. The molecule has 0 radical (unpaired) electrons. The smallest absolute Gasteiger partial charge is 0.252 e. The molecule has 0 bridgehead atoms. The fraction of sp³-hybridized carbons (Fsp3) is 0.125. The molecule has 0 amide bonds. The standard InChI is InChI=1S/C8H7ClO.H4N2/c1-6-3-2-4-7(5-6)8(9)10;1-2/h2-5H,1H3;1-2H2. The number of benzene rings is 1. The molecule has 0 aliphatic rings. The molecule has 0 aliphatic carbocycles. The summed E-state index contributed by atoms with van der Waals surface area (Å²) in [6, 6.07) is 7.19. The first kappa shape index (κ1) is 11.1. The summed E-state index contributed by atoms with van der Waals surface area (Å²) in [4.78, 5) is 10.6. The largest absolute Gasteiger partial charge is 0.276 e. The Balaban J connectivity index is 0.000000561. The Labute approximate surface area is 76.3 Å². The zero-order valence-corrected chi connectivity index (χ0v) is 7.51. The highest BCUT2D eigenvalue weighted by molar-refractivity contribution is 6.67. The van der Waals surface area contributed by atoms with Gasteiger partial charge in [0.1, 0.15) is 0 Å². The second kappa shape index (κ2) is 5.71. The van der Waals surface area contributed by atoms with Gasteiger partial charge in [-0.15, -0.1) is 0 Å². The minimum absolute atomic E-state index is 0.399. The molecule has 4 heteroatoms. The number of nitrogens with two attached hydrogens (primary N) is 2. The third-order valence-electron chi connectivity index (χ3n) is 1.25. The summed E-state index contributed by atoms with van der Waals surface area (Å²) >= 11 is 5.24. The Morgan fingerprint density at radius 1 is 1.42 bits per heavy atom. The number of hydrazine groups is 1. The summed E-state index contributed by atoms with van der Waals surface area (Å²) in [6.07, 6.45) is 0. The van der Waals surface area contributed by atoms with E-state index in [2.05, 4.69) is 11.7 Å². The van der Waals surface area contributed by atoms with Gasteiger partial charge in [0, 0.05) is 5.56 Å². The molecule has 0 fully saturated rings. The van der Waals surface area contributed by atoms with E-state index in [9.17, 15) is 4.79 Å². The quantitative estimate of drug-likeness (QED) is 0.393. The molecule has 0 spiro atoms. The number of hydrogen-bond donors (Lipinski definition) is 2. The molecule has 1 aromatic rings. The summed E-state index contributed by atoms with van der Waals surface area (Å²) in [5, 5.41) is -0.399. The number of aryl methyl sites for hydroxylation is 1. The molecule has 0 aromatic heterocycles. The van der Waals surface area contributed by atoms with Crippen LogP contribution < -0.4 is 11.7 Å². The molecule has 0 saturated carbocycles. The van der Waals surface area contributed by atoms with Gasteiger partial charge in [-0.3, -0.25) is 16.5 Å². The maximum absolute atomic E-state index is 10.6. The van der Waals surface area contributed by atoms with E-state index in [1.165, 1.54) is 0 Å². The number of rotatable bonds is 1. The topological polar surface area (TPSA) is 69.1 Å². The molecule has 12 heavy (non-hydrogen) atoms. The van der Waals surface area contributed by atoms with Gasteiger partial charge in [0.15, 0.2) is 0 Å². The van der Waals surface area contributed by atoms with Crippen LogP contribution in [0.15, 0.2) is 24.3 Å². The Hall–Kier alpha value is -0.900. The summed E-state index contributed by atoms with van der Waals surface area (Å²) < 4.78 is 0. The Morgan fingerprint density at radius 2 is 2.00 bits per heavy atom. The van der Waals surface area contributed by atoms with Gasteiger partial charge in [-0.2, -0.15) is 0 Å². The van der Waals surface area contributed by atoms with Crippen LogP contribution in [0, 0.1) is 6.92 Å². The van der Waals surface area contributed by atoms with E-state index in [-0.39, 0.29) is 0 Å². The molecule has 0 aliphatic heterocycles. The fourth-order valence-corrected chi connectivity index (χ4v) is 0.885. The normalized spacial score (nSPS) is 8.33. The van der Waals surface area contributed by atoms with Crippen LogP contribution in [0.4, 0.5) is 0 Å². The van der Waals surface area contributed by atoms with Crippen molar-refractivity contribution in [2.45, 2.75) is 6.92 Å². The lowest BCUT2D eigenvalue weighted by atomic mass is 10.2. The van der Waals surface area contributed by atoms with Crippen molar-refractivity contribution in [3.63, 3.8) is 0 Å². The van der Waals surface area contributed by atoms with Crippen molar-refractivity contribution in [3.05, 3.63) is 35.4 Å². The van der Waals surface area contributed by atoms with Crippen LogP contribution in [0.3, 0.4) is 0 Å². The zero-order valence-electron chi connectivity index (χ0n) is 6.75. The Kier molecular flexibility index (Phi) is 5.28. The minimum Gasteiger partial charge on any atom is -0.276 e. The average molecular weight is 187 g/mol. The predicted octanol–water partition coefficient (Wildman–Crippen LogP) is 1.19. The predicted molar refractivity (Wildman–Crippen MR) is 49.7 cm³/mol. The van der Waals surface area contributed by atoms with E-state index in [4.69, 9.17) is 11.6 Å². The lowest BCUT2D eigenvalue weighted by molar-refractivity contribution is 0.108. The first-order valence-corrected chi connectivity index (χ1v) is 3.68. The maximum Gasteiger partial charge on any atom is 0.252 e. The average Bonchev–Trinajstić information content (AvgIpc) is 2.08. The van der Waals surface area contributed by atoms with Crippen molar-refractivity contribution in [1.29, 1.82) is 0 Å². The molecular formula is C8H11ClN2O. The van der Waals surface area contributed by atoms with E-state index in [1.54, 1.807) is 12.1 Å². The molecule has 0 unspecified atom stereocenters. The Morgan fingerprint density at radius 3 is 2.33 bits per heavy atom. The molecule has 66 valence electrons. The van der Waals surface area contributed by atoms with Crippen molar-refractivity contribution < 1.29 is 4.79 Å². The number of carbonyl (C=O) groups is 1. The van der Waals surface area contributed by atoms with Gasteiger partial charge in [0.2, 0.25) is 0 Å². The third-order valence-corrected chi connectivity index (χ3v) is 1.46. The number of carbonyl (C=O) groups excluding carboxylic acids is 1. The monoisotopic (exact) mass is 186 g/mol. The highest BCUT2D eigenvalue weighted by atomic mass is 35.5. The van der Waals surface area contributed by atoms with Crippen LogP contribution in [-0.2, 0) is 0 Å². The van der Waals surface area contributed by atoms with E-state index in [1.807, 2.05) is 19.1 Å². The van der Waals surface area contributed by atoms with Crippen molar-refractivity contribution in [2.75, 3.05) is 0 Å². The van der Waals surface area contributed by atoms with Crippen LogP contribution >= 0.6 is 11.6 Å². The Bertz CT molecular complexity index is 263. The van der Waals surface area contributed by atoms with Gasteiger partial charge < -0.3 is 0 Å². The third kappa shape index (κ3) is 3.48. The molecule has 1 aromatic carbocycles. The fourth-order valence-electron chi connectivity index (χ4n) is 0.767. The summed E-state index contributed by atoms with van der Waals surface area (Å²) in [6.45, 7) is 1.92. The molecule has 4 N–H and O–H groups in total.